The molecule has 0 spiro atoms. The Balaban J connectivity index is 2.46. The van der Waals surface area contributed by atoms with Crippen LogP contribution < -0.4 is 0 Å². The van der Waals surface area contributed by atoms with Crippen LogP contribution in [0.3, 0.4) is 0 Å². The molecule has 0 aromatic carbocycles. The normalized spacial score (nSPS) is 16.5. The van der Waals surface area contributed by atoms with Gasteiger partial charge in [0, 0.05) is 32.6 Å². The average molecular weight is 260 g/mol. The minimum absolute atomic E-state index is 0.0419. The van der Waals surface area contributed by atoms with Crippen LogP contribution in [-0.2, 0) is 14.8 Å². The van der Waals surface area contributed by atoms with E-state index in [2.05, 4.69) is 6.58 Å². The van der Waals surface area contributed by atoms with Gasteiger partial charge in [-0.3, -0.25) is 4.79 Å². The number of carbonyl (C=O) groups excluding carboxylic acids is 1. The van der Waals surface area contributed by atoms with Crippen molar-refractivity contribution in [1.82, 2.24) is 9.21 Å². The number of carbonyl (C=O) groups is 1. The van der Waals surface area contributed by atoms with E-state index in [4.69, 9.17) is 0 Å². The summed E-state index contributed by atoms with van der Waals surface area (Å²) in [5, 5.41) is 0. The first kappa shape index (κ1) is 14.2. The van der Waals surface area contributed by atoms with Crippen molar-refractivity contribution in [2.45, 2.75) is 19.3 Å². The summed E-state index contributed by atoms with van der Waals surface area (Å²) >= 11 is 0. The summed E-state index contributed by atoms with van der Waals surface area (Å²) < 4.78 is 24.1. The lowest BCUT2D eigenvalue weighted by Crippen LogP contribution is -2.35. The van der Waals surface area contributed by atoms with Crippen molar-refractivity contribution in [2.24, 2.45) is 0 Å². The Hall–Kier alpha value is -0.880. The average Bonchev–Trinajstić information content (AvgIpc) is 2.75. The van der Waals surface area contributed by atoms with Gasteiger partial charge in [0.1, 0.15) is 0 Å². The zero-order valence-electron chi connectivity index (χ0n) is 10.3. The van der Waals surface area contributed by atoms with Crippen LogP contribution in [0.5, 0.6) is 0 Å². The van der Waals surface area contributed by atoms with Crippen molar-refractivity contribution in [3.05, 3.63) is 12.7 Å². The van der Waals surface area contributed by atoms with Crippen molar-refractivity contribution in [1.29, 1.82) is 0 Å². The quantitative estimate of drug-likeness (QED) is 0.651. The van der Waals surface area contributed by atoms with Gasteiger partial charge in [-0.2, -0.15) is 4.31 Å². The predicted octanol–water partition coefficient (Wildman–Crippen LogP) is 0.447. The van der Waals surface area contributed by atoms with E-state index in [9.17, 15) is 13.2 Å². The van der Waals surface area contributed by atoms with Gasteiger partial charge in [-0.1, -0.05) is 6.08 Å². The van der Waals surface area contributed by atoms with Crippen molar-refractivity contribution < 1.29 is 13.2 Å². The lowest BCUT2D eigenvalue weighted by molar-refractivity contribution is -0.130. The lowest BCUT2D eigenvalue weighted by Gasteiger charge is -2.20. The molecule has 0 N–H and O–H groups in total. The summed E-state index contributed by atoms with van der Waals surface area (Å²) in [7, 11) is -3.25. The number of rotatable bonds is 6. The van der Waals surface area contributed by atoms with Gasteiger partial charge in [0.25, 0.3) is 0 Å². The smallest absolute Gasteiger partial charge is 0.223 e. The maximum absolute atomic E-state index is 11.8. The molecule has 0 radical (unpaired) electrons. The van der Waals surface area contributed by atoms with Crippen LogP contribution in [0.2, 0.25) is 0 Å². The highest BCUT2D eigenvalue weighted by atomic mass is 32.2. The molecule has 0 atom stereocenters. The molecular weight excluding hydrogens is 240 g/mol. The van der Waals surface area contributed by atoms with Crippen LogP contribution in [0, 0.1) is 0 Å². The minimum Gasteiger partial charge on any atom is -0.343 e. The summed E-state index contributed by atoms with van der Waals surface area (Å²) in [5.41, 5.74) is 0. The standard InChI is InChI=1S/C11H20N2O3S/c1-3-7-13(17(2,15)16)10-6-11(14)12-8-4-5-9-12/h3H,1,4-10H2,2H3. The molecule has 98 valence electrons. The Morgan fingerprint density at radius 2 is 2.00 bits per heavy atom. The highest BCUT2D eigenvalue weighted by Gasteiger charge is 2.21. The van der Waals surface area contributed by atoms with Crippen molar-refractivity contribution in [3.8, 4) is 0 Å². The van der Waals surface area contributed by atoms with Crippen LogP contribution in [-0.4, -0.2) is 56.0 Å². The molecule has 0 aromatic heterocycles. The van der Waals surface area contributed by atoms with Crippen molar-refractivity contribution >= 4 is 15.9 Å². The Morgan fingerprint density at radius 3 is 2.47 bits per heavy atom. The van der Waals surface area contributed by atoms with Gasteiger partial charge in [-0.15, -0.1) is 6.58 Å². The van der Waals surface area contributed by atoms with Gasteiger partial charge in [0.05, 0.1) is 6.26 Å². The predicted molar refractivity (Wildman–Crippen MR) is 67.0 cm³/mol. The first-order valence-corrected chi connectivity index (χ1v) is 7.64. The second-order valence-electron chi connectivity index (χ2n) is 4.25. The molecule has 6 heteroatoms. The van der Waals surface area contributed by atoms with E-state index in [0.717, 1.165) is 32.2 Å². The molecule has 0 unspecified atom stereocenters. The molecule has 0 saturated carbocycles. The Morgan fingerprint density at radius 1 is 1.41 bits per heavy atom. The van der Waals surface area contributed by atoms with E-state index in [-0.39, 0.29) is 25.4 Å². The molecule has 1 heterocycles. The lowest BCUT2D eigenvalue weighted by atomic mass is 10.3. The SMILES string of the molecule is C=CCN(CCC(=O)N1CCCC1)S(C)(=O)=O. The molecule has 1 rings (SSSR count). The zero-order chi connectivity index (χ0) is 12.9. The summed E-state index contributed by atoms with van der Waals surface area (Å²) in [6, 6.07) is 0. The molecule has 0 bridgehead atoms. The Kier molecular flexibility index (Phi) is 5.14. The van der Waals surface area contributed by atoms with E-state index in [1.54, 1.807) is 4.90 Å². The zero-order valence-corrected chi connectivity index (χ0v) is 11.1. The summed E-state index contributed by atoms with van der Waals surface area (Å²) in [4.78, 5) is 13.6. The maximum atomic E-state index is 11.8. The van der Waals surface area contributed by atoms with Gasteiger partial charge in [0.15, 0.2) is 0 Å². The fourth-order valence-corrected chi connectivity index (χ4v) is 2.68. The van der Waals surface area contributed by atoms with E-state index in [0.29, 0.717) is 0 Å². The monoisotopic (exact) mass is 260 g/mol. The van der Waals surface area contributed by atoms with Gasteiger partial charge >= 0.3 is 0 Å². The van der Waals surface area contributed by atoms with E-state index in [1.165, 1.54) is 10.4 Å². The third-order valence-corrected chi connectivity index (χ3v) is 4.11. The Labute approximate surface area is 103 Å². The van der Waals surface area contributed by atoms with Crippen molar-refractivity contribution in [2.75, 3.05) is 32.4 Å². The van der Waals surface area contributed by atoms with E-state index >= 15 is 0 Å². The number of likely N-dealkylation sites (tertiary alicyclic amines) is 1. The first-order valence-electron chi connectivity index (χ1n) is 5.79. The molecule has 1 saturated heterocycles. The summed E-state index contributed by atoms with van der Waals surface area (Å²) in [6.45, 7) is 5.62. The van der Waals surface area contributed by atoms with Crippen LogP contribution in [0.25, 0.3) is 0 Å². The molecule has 1 aliphatic rings. The molecule has 0 aliphatic carbocycles. The number of nitrogens with zero attached hydrogens (tertiary/aromatic N) is 2. The van der Waals surface area contributed by atoms with Gasteiger partial charge in [-0.05, 0) is 12.8 Å². The number of hydrogen-bond acceptors (Lipinski definition) is 3. The molecule has 5 nitrogen and oxygen atoms in total. The molecular formula is C11H20N2O3S. The van der Waals surface area contributed by atoms with Gasteiger partial charge in [0.2, 0.25) is 15.9 Å². The topological polar surface area (TPSA) is 57.7 Å². The minimum atomic E-state index is -3.25. The first-order chi connectivity index (χ1) is 7.95. The van der Waals surface area contributed by atoms with Gasteiger partial charge in [-0.25, -0.2) is 8.42 Å². The number of amides is 1. The molecule has 1 aliphatic heterocycles. The van der Waals surface area contributed by atoms with Crippen molar-refractivity contribution in [3.63, 3.8) is 0 Å². The second kappa shape index (κ2) is 6.16. The highest BCUT2D eigenvalue weighted by Crippen LogP contribution is 2.10. The summed E-state index contributed by atoms with van der Waals surface area (Å²) in [6.07, 6.45) is 5.03. The van der Waals surface area contributed by atoms with Crippen LogP contribution in [0.4, 0.5) is 0 Å². The fraction of sp³-hybridized carbons (Fsp3) is 0.727. The van der Waals surface area contributed by atoms with Gasteiger partial charge < -0.3 is 4.90 Å². The third kappa shape index (κ3) is 4.47. The third-order valence-electron chi connectivity index (χ3n) is 2.84. The summed E-state index contributed by atoms with van der Waals surface area (Å²) in [5.74, 6) is 0.0419. The van der Waals surface area contributed by atoms with E-state index < -0.39 is 10.0 Å². The number of sulfonamides is 1. The molecule has 0 aromatic rings. The van der Waals surface area contributed by atoms with Crippen LogP contribution >= 0.6 is 0 Å². The molecule has 1 fully saturated rings. The van der Waals surface area contributed by atoms with E-state index in [1.807, 2.05) is 0 Å². The Bertz CT molecular complexity index is 372. The maximum Gasteiger partial charge on any atom is 0.223 e. The highest BCUT2D eigenvalue weighted by molar-refractivity contribution is 7.88. The fourth-order valence-electron chi connectivity index (χ4n) is 1.88. The molecule has 1 amide bonds. The van der Waals surface area contributed by atoms with Crippen LogP contribution in [0.15, 0.2) is 12.7 Å². The largest absolute Gasteiger partial charge is 0.343 e. The molecule has 17 heavy (non-hydrogen) atoms. The van der Waals surface area contributed by atoms with Crippen LogP contribution in [0.1, 0.15) is 19.3 Å². The second-order valence-corrected chi connectivity index (χ2v) is 6.23. The number of hydrogen-bond donors (Lipinski definition) is 0.